The predicted octanol–water partition coefficient (Wildman–Crippen LogP) is -0.0804. The lowest BCUT2D eigenvalue weighted by molar-refractivity contribution is -0.143. The molecule has 0 spiro atoms. The maximum absolute atomic E-state index is 12.5. The zero-order valence-corrected chi connectivity index (χ0v) is 19.4. The first-order valence-electron chi connectivity index (χ1n) is 10.8. The van der Waals surface area contributed by atoms with Gasteiger partial charge in [-0.2, -0.15) is 0 Å². The Labute approximate surface area is 189 Å². The Balaban J connectivity index is 1.56. The van der Waals surface area contributed by atoms with E-state index in [0.29, 0.717) is 6.61 Å². The van der Waals surface area contributed by atoms with Gasteiger partial charge in [0.15, 0.2) is 6.29 Å². The quantitative estimate of drug-likeness (QED) is 0.239. The highest BCUT2D eigenvalue weighted by Gasteiger charge is 2.43. The van der Waals surface area contributed by atoms with Crippen molar-refractivity contribution >= 4 is 7.82 Å². The van der Waals surface area contributed by atoms with E-state index in [9.17, 15) is 29.3 Å². The number of nitrogens with one attached hydrogen (secondary N) is 1. The number of ether oxygens (including phenoxy) is 3. The van der Waals surface area contributed by atoms with Crippen LogP contribution in [0.2, 0.25) is 0 Å². The molecular formula is C19H31N2O11P. The molecule has 1 aromatic rings. The number of unbranched alkanes of at least 4 members (excludes halogenated alkanes) is 1. The SMILES string of the molecule is CCCCO[C@H]1C[C@H](O)[C@@H](COP(=O)(O)O[C@H]2C[C@H](n3cc(C)c(=O)[nH]c3=O)O[C@@H]2CO)O1. The number of aromatic amines is 1. The number of phosphoric acid groups is 1. The van der Waals surface area contributed by atoms with Crippen LogP contribution in [0.5, 0.6) is 0 Å². The smallest absolute Gasteiger partial charge is 0.394 e. The second-order valence-electron chi connectivity index (χ2n) is 8.07. The molecule has 0 bridgehead atoms. The number of H-pyrrole nitrogens is 1. The zero-order valence-electron chi connectivity index (χ0n) is 18.5. The molecule has 14 heteroatoms. The minimum Gasteiger partial charge on any atom is -0.394 e. The Morgan fingerprint density at radius 2 is 2.03 bits per heavy atom. The number of hydrogen-bond donors (Lipinski definition) is 4. The number of hydrogen-bond acceptors (Lipinski definition) is 10. The van der Waals surface area contributed by atoms with Crippen LogP contribution < -0.4 is 11.2 Å². The number of phosphoric ester groups is 1. The van der Waals surface area contributed by atoms with Gasteiger partial charge < -0.3 is 29.3 Å². The molecule has 2 saturated heterocycles. The van der Waals surface area contributed by atoms with Gasteiger partial charge in [-0.1, -0.05) is 13.3 Å². The minimum absolute atomic E-state index is 0.0551. The summed E-state index contributed by atoms with van der Waals surface area (Å²) in [5.74, 6) is 0. The van der Waals surface area contributed by atoms with Gasteiger partial charge in [0.05, 0.1) is 19.3 Å². The highest BCUT2D eigenvalue weighted by Crippen LogP contribution is 2.48. The van der Waals surface area contributed by atoms with Gasteiger partial charge in [0, 0.05) is 31.2 Å². The van der Waals surface area contributed by atoms with Gasteiger partial charge in [-0.3, -0.25) is 23.4 Å². The largest absolute Gasteiger partial charge is 0.472 e. The summed E-state index contributed by atoms with van der Waals surface area (Å²) in [7, 11) is -4.63. The first-order valence-corrected chi connectivity index (χ1v) is 12.3. The van der Waals surface area contributed by atoms with Crippen LogP contribution in [-0.4, -0.2) is 75.2 Å². The van der Waals surface area contributed by atoms with E-state index in [2.05, 4.69) is 4.98 Å². The molecule has 13 nitrogen and oxygen atoms in total. The molecule has 0 saturated carbocycles. The van der Waals surface area contributed by atoms with Crippen LogP contribution in [0.25, 0.3) is 0 Å². The second-order valence-corrected chi connectivity index (χ2v) is 9.47. The monoisotopic (exact) mass is 494 g/mol. The summed E-state index contributed by atoms with van der Waals surface area (Å²) in [5, 5.41) is 19.7. The summed E-state index contributed by atoms with van der Waals surface area (Å²) >= 11 is 0. The molecule has 0 amide bonds. The molecule has 1 unspecified atom stereocenters. The summed E-state index contributed by atoms with van der Waals surface area (Å²) in [6, 6.07) is 0. The number of rotatable bonds is 11. The Morgan fingerprint density at radius 3 is 2.73 bits per heavy atom. The summed E-state index contributed by atoms with van der Waals surface area (Å²) in [4.78, 5) is 36.0. The molecule has 0 aliphatic carbocycles. The van der Waals surface area contributed by atoms with Crippen LogP contribution in [0.4, 0.5) is 0 Å². The normalized spacial score (nSPS) is 31.7. The Hall–Kier alpha value is -1.41. The van der Waals surface area contributed by atoms with Crippen LogP contribution >= 0.6 is 7.82 Å². The lowest BCUT2D eigenvalue weighted by atomic mass is 10.2. The Bertz CT molecular complexity index is 950. The number of aliphatic hydroxyl groups is 2. The molecular weight excluding hydrogens is 463 g/mol. The molecule has 1 aromatic heterocycles. The standard InChI is InChI=1S/C19H31N2O11P/c1-3-4-5-28-17-6-12(23)15(31-17)10-29-33(26,27)32-13-7-16(30-14(13)9-22)21-8-11(2)18(24)20-19(21)25/h8,12-17,22-23H,3-7,9-10H2,1-2H3,(H,26,27)(H,20,24,25)/t12-,13-,14+,15+,16+,17+/m0/s1. The molecule has 3 rings (SSSR count). The van der Waals surface area contributed by atoms with Gasteiger partial charge in [0.2, 0.25) is 0 Å². The van der Waals surface area contributed by atoms with Crippen molar-refractivity contribution < 1.29 is 42.9 Å². The van der Waals surface area contributed by atoms with Crippen molar-refractivity contribution in [3.63, 3.8) is 0 Å². The van der Waals surface area contributed by atoms with E-state index in [1.165, 1.54) is 13.1 Å². The van der Waals surface area contributed by atoms with Gasteiger partial charge in [-0.05, 0) is 13.3 Å². The first-order chi connectivity index (χ1) is 15.6. The lowest BCUT2D eigenvalue weighted by Gasteiger charge is -2.21. The molecule has 0 radical (unpaired) electrons. The fourth-order valence-corrected chi connectivity index (χ4v) is 4.58. The second kappa shape index (κ2) is 11.3. The number of aromatic nitrogens is 2. The van der Waals surface area contributed by atoms with E-state index < -0.39 is 69.2 Å². The third-order valence-electron chi connectivity index (χ3n) is 5.48. The van der Waals surface area contributed by atoms with Crippen molar-refractivity contribution in [1.82, 2.24) is 9.55 Å². The average Bonchev–Trinajstić information content (AvgIpc) is 3.31. The molecule has 188 valence electrons. The molecule has 2 aliphatic heterocycles. The van der Waals surface area contributed by atoms with E-state index >= 15 is 0 Å². The van der Waals surface area contributed by atoms with Crippen LogP contribution in [0.15, 0.2) is 15.8 Å². The molecule has 2 aliphatic rings. The van der Waals surface area contributed by atoms with Crippen molar-refractivity contribution in [1.29, 1.82) is 0 Å². The highest BCUT2D eigenvalue weighted by atomic mass is 31.2. The van der Waals surface area contributed by atoms with E-state index in [1.54, 1.807) is 0 Å². The first kappa shape index (κ1) is 26.2. The Kier molecular flexibility index (Phi) is 9.01. The number of aryl methyl sites for hydroxylation is 1. The fraction of sp³-hybridized carbons (Fsp3) is 0.789. The van der Waals surface area contributed by atoms with E-state index in [4.69, 9.17) is 23.3 Å². The maximum atomic E-state index is 12.5. The molecule has 3 heterocycles. The van der Waals surface area contributed by atoms with Crippen molar-refractivity contribution in [2.45, 2.75) is 76.5 Å². The highest BCUT2D eigenvalue weighted by molar-refractivity contribution is 7.47. The number of aliphatic hydroxyl groups excluding tert-OH is 2. The fourth-order valence-electron chi connectivity index (χ4n) is 3.62. The van der Waals surface area contributed by atoms with Crippen LogP contribution in [0, 0.1) is 6.92 Å². The molecule has 4 N–H and O–H groups in total. The van der Waals surface area contributed by atoms with Crippen LogP contribution in [-0.2, 0) is 27.8 Å². The van der Waals surface area contributed by atoms with E-state index in [0.717, 1.165) is 17.4 Å². The summed E-state index contributed by atoms with van der Waals surface area (Å²) < 4.78 is 40.4. The average molecular weight is 494 g/mol. The van der Waals surface area contributed by atoms with E-state index in [1.807, 2.05) is 6.92 Å². The molecule has 2 fully saturated rings. The van der Waals surface area contributed by atoms with Gasteiger partial charge in [0.25, 0.3) is 5.56 Å². The lowest BCUT2D eigenvalue weighted by Crippen LogP contribution is -2.33. The van der Waals surface area contributed by atoms with Gasteiger partial charge in [-0.15, -0.1) is 0 Å². The predicted molar refractivity (Wildman–Crippen MR) is 112 cm³/mol. The van der Waals surface area contributed by atoms with Crippen LogP contribution in [0.1, 0.15) is 44.4 Å². The van der Waals surface area contributed by atoms with Gasteiger partial charge >= 0.3 is 13.5 Å². The summed E-state index contributed by atoms with van der Waals surface area (Å²) in [6.07, 6.45) is -2.19. The van der Waals surface area contributed by atoms with Gasteiger partial charge in [0.1, 0.15) is 24.5 Å². The third kappa shape index (κ3) is 6.81. The topological polar surface area (TPSA) is 179 Å². The van der Waals surface area contributed by atoms with Crippen molar-refractivity contribution in [3.8, 4) is 0 Å². The zero-order chi connectivity index (χ0) is 24.2. The third-order valence-corrected chi connectivity index (χ3v) is 6.49. The molecule has 7 atom stereocenters. The molecule has 33 heavy (non-hydrogen) atoms. The van der Waals surface area contributed by atoms with E-state index in [-0.39, 0.29) is 18.4 Å². The maximum Gasteiger partial charge on any atom is 0.472 e. The van der Waals surface area contributed by atoms with Gasteiger partial charge in [-0.25, -0.2) is 9.36 Å². The minimum atomic E-state index is -4.63. The molecule has 0 aromatic carbocycles. The summed E-state index contributed by atoms with van der Waals surface area (Å²) in [6.45, 7) is 3.05. The van der Waals surface area contributed by atoms with Crippen LogP contribution in [0.3, 0.4) is 0 Å². The van der Waals surface area contributed by atoms with Crippen molar-refractivity contribution in [2.75, 3.05) is 19.8 Å². The Morgan fingerprint density at radius 1 is 1.27 bits per heavy atom. The summed E-state index contributed by atoms with van der Waals surface area (Å²) in [5.41, 5.74) is -0.992. The van der Waals surface area contributed by atoms with Crippen molar-refractivity contribution in [3.05, 3.63) is 32.6 Å². The number of nitrogens with zero attached hydrogens (tertiary/aromatic N) is 1. The van der Waals surface area contributed by atoms with Crippen molar-refractivity contribution in [2.24, 2.45) is 0 Å².